The van der Waals surface area contributed by atoms with Gasteiger partial charge in [0.25, 0.3) is 0 Å². The molecule has 0 saturated heterocycles. The molecule has 1 aromatic rings. The molecule has 0 unspecified atom stereocenters. The Labute approximate surface area is 133 Å². The number of benzene rings is 1. The average molecular weight is 301 g/mol. The molecular weight excluding hydrogens is 274 g/mol. The van der Waals surface area contributed by atoms with E-state index in [0.29, 0.717) is 5.41 Å². The first-order valence-electron chi connectivity index (χ1n) is 8.33. The molecule has 2 aliphatic rings. The Hall–Kier alpha value is -1.71. The van der Waals surface area contributed by atoms with Crippen molar-refractivity contribution in [3.8, 4) is 5.75 Å². The topological polar surface area (TPSA) is 45.7 Å². The summed E-state index contributed by atoms with van der Waals surface area (Å²) in [4.78, 5) is 4.35. The summed E-state index contributed by atoms with van der Waals surface area (Å²) in [6, 6.07) is 8.13. The number of nitrogens with zero attached hydrogens (tertiary/aromatic N) is 1. The summed E-state index contributed by atoms with van der Waals surface area (Å²) in [6.07, 6.45) is 7.03. The van der Waals surface area contributed by atoms with Crippen LogP contribution in [0.2, 0.25) is 0 Å². The maximum Gasteiger partial charge on any atom is 0.191 e. The van der Waals surface area contributed by atoms with E-state index in [1.54, 1.807) is 7.11 Å². The molecule has 1 aromatic carbocycles. The van der Waals surface area contributed by atoms with Crippen LogP contribution >= 0.6 is 0 Å². The van der Waals surface area contributed by atoms with Gasteiger partial charge in [0.2, 0.25) is 0 Å². The second kappa shape index (κ2) is 6.59. The van der Waals surface area contributed by atoms with Gasteiger partial charge in [-0.25, -0.2) is 0 Å². The summed E-state index contributed by atoms with van der Waals surface area (Å²) >= 11 is 0. The van der Waals surface area contributed by atoms with E-state index >= 15 is 0 Å². The number of hydrogen-bond donors (Lipinski definition) is 2. The number of methoxy groups -OCH3 is 1. The molecule has 0 atom stereocenters. The van der Waals surface area contributed by atoms with Crippen LogP contribution in [0.1, 0.15) is 37.7 Å². The predicted molar refractivity (Wildman–Crippen MR) is 90.2 cm³/mol. The van der Waals surface area contributed by atoms with E-state index in [4.69, 9.17) is 4.74 Å². The number of guanidine groups is 1. The summed E-state index contributed by atoms with van der Waals surface area (Å²) in [6.45, 7) is 1.82. The first-order chi connectivity index (χ1) is 10.8. The molecule has 2 saturated carbocycles. The molecule has 0 amide bonds. The van der Waals surface area contributed by atoms with Gasteiger partial charge in [-0.3, -0.25) is 4.99 Å². The number of hydrogen-bond acceptors (Lipinski definition) is 2. The first-order valence-corrected chi connectivity index (χ1v) is 8.33. The molecule has 0 radical (unpaired) electrons. The van der Waals surface area contributed by atoms with Crippen LogP contribution in [-0.4, -0.2) is 26.7 Å². The molecule has 2 aliphatic carbocycles. The Morgan fingerprint density at radius 2 is 2.14 bits per heavy atom. The molecule has 0 aliphatic heterocycles. The van der Waals surface area contributed by atoms with Crippen LogP contribution < -0.4 is 15.4 Å². The van der Waals surface area contributed by atoms with Crippen molar-refractivity contribution in [3.05, 3.63) is 29.8 Å². The van der Waals surface area contributed by atoms with Gasteiger partial charge < -0.3 is 15.4 Å². The summed E-state index contributed by atoms with van der Waals surface area (Å²) in [5.41, 5.74) is 1.76. The molecule has 0 heterocycles. The Morgan fingerprint density at radius 3 is 2.73 bits per heavy atom. The van der Waals surface area contributed by atoms with E-state index in [2.05, 4.69) is 27.8 Å². The van der Waals surface area contributed by atoms with Gasteiger partial charge in [0.1, 0.15) is 5.75 Å². The maximum absolute atomic E-state index is 5.26. The highest BCUT2D eigenvalue weighted by Gasteiger charge is 2.48. The molecular formula is C18H27N3O. The Morgan fingerprint density at radius 1 is 1.32 bits per heavy atom. The summed E-state index contributed by atoms with van der Waals surface area (Å²) in [5.74, 6) is 2.75. The smallest absolute Gasteiger partial charge is 0.191 e. The highest BCUT2D eigenvalue weighted by atomic mass is 16.5. The van der Waals surface area contributed by atoms with Crippen molar-refractivity contribution >= 4 is 5.96 Å². The van der Waals surface area contributed by atoms with Gasteiger partial charge in [-0.2, -0.15) is 0 Å². The molecule has 2 fully saturated rings. The van der Waals surface area contributed by atoms with Crippen LogP contribution in [0.15, 0.2) is 29.3 Å². The van der Waals surface area contributed by atoms with E-state index in [1.807, 2.05) is 19.2 Å². The third-order valence-electron chi connectivity index (χ3n) is 5.22. The molecule has 0 spiro atoms. The number of aliphatic imine (C=N–C) groups is 1. The third-order valence-corrected chi connectivity index (χ3v) is 5.22. The fourth-order valence-corrected chi connectivity index (χ4v) is 3.50. The van der Waals surface area contributed by atoms with E-state index in [-0.39, 0.29) is 0 Å². The highest BCUT2D eigenvalue weighted by Crippen LogP contribution is 2.56. The minimum Gasteiger partial charge on any atom is -0.497 e. The fraction of sp³-hybridized carbons (Fsp3) is 0.611. The molecule has 4 heteroatoms. The van der Waals surface area contributed by atoms with Crippen LogP contribution in [-0.2, 0) is 6.54 Å². The normalized spacial score (nSPS) is 20.2. The molecule has 0 aromatic heterocycles. The predicted octanol–water partition coefficient (Wildman–Crippen LogP) is 2.94. The van der Waals surface area contributed by atoms with Crippen molar-refractivity contribution in [2.75, 3.05) is 20.7 Å². The van der Waals surface area contributed by atoms with E-state index < -0.39 is 0 Å². The third kappa shape index (κ3) is 3.37. The van der Waals surface area contributed by atoms with Crippen molar-refractivity contribution in [1.29, 1.82) is 0 Å². The zero-order valence-corrected chi connectivity index (χ0v) is 13.7. The monoisotopic (exact) mass is 301 g/mol. The molecule has 2 N–H and O–H groups in total. The first kappa shape index (κ1) is 15.2. The van der Waals surface area contributed by atoms with Gasteiger partial charge in [-0.1, -0.05) is 18.6 Å². The summed E-state index contributed by atoms with van der Waals surface area (Å²) < 4.78 is 5.26. The second-order valence-corrected chi connectivity index (χ2v) is 6.62. The Bertz CT molecular complexity index is 533. The van der Waals surface area contributed by atoms with Crippen LogP contribution in [0, 0.1) is 11.3 Å². The van der Waals surface area contributed by atoms with Gasteiger partial charge in [-0.15, -0.1) is 0 Å². The number of ether oxygens (including phenoxy) is 1. The van der Waals surface area contributed by atoms with Crippen LogP contribution in [0.5, 0.6) is 5.75 Å². The summed E-state index contributed by atoms with van der Waals surface area (Å²) in [5, 5.41) is 6.94. The lowest BCUT2D eigenvalue weighted by Crippen LogP contribution is -2.47. The number of rotatable bonds is 6. The second-order valence-electron chi connectivity index (χ2n) is 6.62. The zero-order valence-electron chi connectivity index (χ0n) is 13.7. The van der Waals surface area contributed by atoms with E-state index in [9.17, 15) is 0 Å². The van der Waals surface area contributed by atoms with Crippen molar-refractivity contribution in [1.82, 2.24) is 10.6 Å². The molecule has 3 rings (SSSR count). The molecule has 120 valence electrons. The van der Waals surface area contributed by atoms with Crippen molar-refractivity contribution in [2.24, 2.45) is 16.3 Å². The van der Waals surface area contributed by atoms with Gasteiger partial charge in [0.05, 0.1) is 7.11 Å². The Kier molecular flexibility index (Phi) is 4.55. The molecule has 0 bridgehead atoms. The fourth-order valence-electron chi connectivity index (χ4n) is 3.50. The van der Waals surface area contributed by atoms with Crippen molar-refractivity contribution in [2.45, 2.75) is 38.6 Å². The minimum absolute atomic E-state index is 0.563. The quantitative estimate of drug-likeness (QED) is 0.627. The summed E-state index contributed by atoms with van der Waals surface area (Å²) in [7, 11) is 3.54. The van der Waals surface area contributed by atoms with Crippen molar-refractivity contribution in [3.63, 3.8) is 0 Å². The zero-order chi connectivity index (χ0) is 15.4. The van der Waals surface area contributed by atoms with Gasteiger partial charge in [0, 0.05) is 20.1 Å². The minimum atomic E-state index is 0.563. The van der Waals surface area contributed by atoms with Gasteiger partial charge in [-0.05, 0) is 54.7 Å². The maximum atomic E-state index is 5.26. The van der Waals surface area contributed by atoms with Crippen molar-refractivity contribution < 1.29 is 4.74 Å². The van der Waals surface area contributed by atoms with Crippen LogP contribution in [0.3, 0.4) is 0 Å². The molecule has 22 heavy (non-hydrogen) atoms. The average Bonchev–Trinajstić information content (AvgIpc) is 3.34. The van der Waals surface area contributed by atoms with Gasteiger partial charge >= 0.3 is 0 Å². The lowest BCUT2D eigenvalue weighted by molar-refractivity contribution is 0.106. The lowest BCUT2D eigenvalue weighted by Gasteiger charge is -2.43. The SMILES string of the molecule is CN=C(NCc1cccc(OC)c1)NCC1(C2CC2)CCC1. The van der Waals surface area contributed by atoms with E-state index in [0.717, 1.165) is 30.7 Å². The molecule has 4 nitrogen and oxygen atoms in total. The largest absolute Gasteiger partial charge is 0.497 e. The van der Waals surface area contributed by atoms with Crippen LogP contribution in [0.25, 0.3) is 0 Å². The van der Waals surface area contributed by atoms with Crippen LogP contribution in [0.4, 0.5) is 0 Å². The van der Waals surface area contributed by atoms with E-state index in [1.165, 1.54) is 37.7 Å². The highest BCUT2D eigenvalue weighted by molar-refractivity contribution is 5.79. The number of nitrogens with one attached hydrogen (secondary N) is 2. The lowest BCUT2D eigenvalue weighted by atomic mass is 9.65. The Balaban J connectivity index is 1.49. The standard InChI is InChI=1S/C18H27N3O/c1-19-17(20-12-14-5-3-6-16(11-14)22-2)21-13-18(9-4-10-18)15-7-8-15/h3,5-6,11,15H,4,7-10,12-13H2,1-2H3,(H2,19,20,21). The van der Waals surface area contributed by atoms with Gasteiger partial charge in [0.15, 0.2) is 5.96 Å².